The minimum absolute atomic E-state index is 0.0680. The SMILES string of the molecule is CC(=O)Nc1ccccc1CNCC1(O)CCC(C(C)(C)C)CC1. The van der Waals surface area contributed by atoms with Crippen molar-refractivity contribution in [3.63, 3.8) is 0 Å². The molecule has 1 saturated carbocycles. The molecule has 0 saturated heterocycles. The summed E-state index contributed by atoms with van der Waals surface area (Å²) in [6.45, 7) is 9.62. The minimum Gasteiger partial charge on any atom is -0.389 e. The zero-order valence-electron chi connectivity index (χ0n) is 15.5. The summed E-state index contributed by atoms with van der Waals surface area (Å²) in [5.74, 6) is 0.625. The first-order valence-corrected chi connectivity index (χ1v) is 8.98. The molecule has 24 heavy (non-hydrogen) atoms. The van der Waals surface area contributed by atoms with E-state index in [1.54, 1.807) is 0 Å². The molecule has 0 heterocycles. The van der Waals surface area contributed by atoms with Crippen molar-refractivity contribution in [3.8, 4) is 0 Å². The Morgan fingerprint density at radius 1 is 1.25 bits per heavy atom. The summed E-state index contributed by atoms with van der Waals surface area (Å²) in [5, 5.41) is 17.0. The number of hydrogen-bond acceptors (Lipinski definition) is 3. The summed E-state index contributed by atoms with van der Waals surface area (Å²) in [6, 6.07) is 7.78. The van der Waals surface area contributed by atoms with Crippen molar-refractivity contribution >= 4 is 11.6 Å². The lowest BCUT2D eigenvalue weighted by molar-refractivity contribution is -0.114. The van der Waals surface area contributed by atoms with Crippen LogP contribution < -0.4 is 10.6 Å². The molecule has 0 radical (unpaired) electrons. The summed E-state index contributed by atoms with van der Waals surface area (Å²) in [5.41, 5.74) is 1.59. The molecule has 0 spiro atoms. The van der Waals surface area contributed by atoms with E-state index in [9.17, 15) is 9.90 Å². The van der Waals surface area contributed by atoms with Gasteiger partial charge in [0.05, 0.1) is 5.60 Å². The zero-order chi connectivity index (χ0) is 17.8. The van der Waals surface area contributed by atoms with Crippen LogP contribution in [-0.2, 0) is 11.3 Å². The number of para-hydroxylation sites is 1. The summed E-state index contributed by atoms with van der Waals surface area (Å²) >= 11 is 0. The highest BCUT2D eigenvalue weighted by molar-refractivity contribution is 5.89. The molecule has 0 bridgehead atoms. The number of aliphatic hydroxyl groups is 1. The van der Waals surface area contributed by atoms with E-state index in [1.807, 2.05) is 24.3 Å². The predicted octanol–water partition coefficient (Wildman–Crippen LogP) is 3.70. The van der Waals surface area contributed by atoms with E-state index < -0.39 is 5.60 Å². The molecule has 0 aromatic heterocycles. The van der Waals surface area contributed by atoms with Crippen LogP contribution in [0.15, 0.2) is 24.3 Å². The molecule has 4 heteroatoms. The first-order chi connectivity index (χ1) is 11.2. The lowest BCUT2D eigenvalue weighted by Crippen LogP contribution is -2.44. The van der Waals surface area contributed by atoms with Gasteiger partial charge in [-0.05, 0) is 48.6 Å². The normalized spacial score (nSPS) is 24.6. The van der Waals surface area contributed by atoms with Crippen molar-refractivity contribution in [1.82, 2.24) is 5.32 Å². The number of amides is 1. The maximum Gasteiger partial charge on any atom is 0.221 e. The van der Waals surface area contributed by atoms with E-state index in [1.165, 1.54) is 6.92 Å². The van der Waals surface area contributed by atoms with Crippen LogP contribution in [0.1, 0.15) is 58.9 Å². The van der Waals surface area contributed by atoms with Crippen LogP contribution in [0.3, 0.4) is 0 Å². The number of nitrogens with one attached hydrogen (secondary N) is 2. The summed E-state index contributed by atoms with van der Waals surface area (Å²) in [6.07, 6.45) is 3.89. The van der Waals surface area contributed by atoms with E-state index in [2.05, 4.69) is 31.4 Å². The van der Waals surface area contributed by atoms with E-state index >= 15 is 0 Å². The second-order valence-corrected chi connectivity index (χ2v) is 8.31. The zero-order valence-corrected chi connectivity index (χ0v) is 15.5. The van der Waals surface area contributed by atoms with Gasteiger partial charge in [-0.1, -0.05) is 39.0 Å². The highest BCUT2D eigenvalue weighted by Gasteiger charge is 2.36. The predicted molar refractivity (Wildman–Crippen MR) is 98.8 cm³/mol. The summed E-state index contributed by atoms with van der Waals surface area (Å²) < 4.78 is 0. The summed E-state index contributed by atoms with van der Waals surface area (Å²) in [4.78, 5) is 11.3. The van der Waals surface area contributed by atoms with Crippen molar-refractivity contribution in [2.24, 2.45) is 11.3 Å². The Bertz CT molecular complexity index is 555. The Morgan fingerprint density at radius 3 is 2.46 bits per heavy atom. The lowest BCUT2D eigenvalue weighted by atomic mass is 9.68. The third kappa shape index (κ3) is 5.32. The van der Waals surface area contributed by atoms with Crippen molar-refractivity contribution < 1.29 is 9.90 Å². The molecular formula is C20H32N2O2. The molecule has 1 aromatic rings. The van der Waals surface area contributed by atoms with Gasteiger partial charge in [-0.25, -0.2) is 0 Å². The average molecular weight is 332 g/mol. The fraction of sp³-hybridized carbons (Fsp3) is 0.650. The van der Waals surface area contributed by atoms with Crippen LogP contribution in [-0.4, -0.2) is 23.2 Å². The van der Waals surface area contributed by atoms with Gasteiger partial charge in [-0.3, -0.25) is 4.79 Å². The molecule has 4 nitrogen and oxygen atoms in total. The molecule has 0 aliphatic heterocycles. The number of hydrogen-bond donors (Lipinski definition) is 3. The molecule has 1 aliphatic carbocycles. The van der Waals surface area contributed by atoms with Gasteiger partial charge in [-0.2, -0.15) is 0 Å². The molecule has 1 aromatic carbocycles. The van der Waals surface area contributed by atoms with Crippen LogP contribution in [0.4, 0.5) is 5.69 Å². The van der Waals surface area contributed by atoms with Crippen molar-refractivity contribution in [2.75, 3.05) is 11.9 Å². The molecule has 134 valence electrons. The Hall–Kier alpha value is -1.39. The van der Waals surface area contributed by atoms with Gasteiger partial charge >= 0.3 is 0 Å². The number of rotatable bonds is 5. The largest absolute Gasteiger partial charge is 0.389 e. The highest BCUT2D eigenvalue weighted by Crippen LogP contribution is 2.41. The van der Waals surface area contributed by atoms with Gasteiger partial charge in [0.1, 0.15) is 0 Å². The number of anilines is 1. The van der Waals surface area contributed by atoms with E-state index in [0.717, 1.165) is 36.9 Å². The fourth-order valence-corrected chi connectivity index (χ4v) is 3.61. The first-order valence-electron chi connectivity index (χ1n) is 8.98. The molecule has 1 fully saturated rings. The quantitative estimate of drug-likeness (QED) is 0.770. The topological polar surface area (TPSA) is 61.4 Å². The molecule has 1 amide bonds. The Morgan fingerprint density at radius 2 is 1.88 bits per heavy atom. The van der Waals surface area contributed by atoms with Gasteiger partial charge in [0.25, 0.3) is 0 Å². The van der Waals surface area contributed by atoms with Crippen LogP contribution in [0.5, 0.6) is 0 Å². The molecule has 0 atom stereocenters. The summed E-state index contributed by atoms with van der Waals surface area (Å²) in [7, 11) is 0. The standard InChI is InChI=1S/C20H32N2O2/c1-15(23)22-18-8-6-5-7-16(18)13-21-14-20(24)11-9-17(10-12-20)19(2,3)4/h5-8,17,21,24H,9-14H2,1-4H3,(H,22,23). The van der Waals surface area contributed by atoms with Crippen molar-refractivity contribution in [3.05, 3.63) is 29.8 Å². The first kappa shape index (κ1) is 18.9. The van der Waals surface area contributed by atoms with Crippen LogP contribution in [0, 0.1) is 11.3 Å². The maximum absolute atomic E-state index is 11.3. The van der Waals surface area contributed by atoms with Crippen LogP contribution >= 0.6 is 0 Å². The fourth-order valence-electron chi connectivity index (χ4n) is 3.61. The minimum atomic E-state index is -0.606. The van der Waals surface area contributed by atoms with Crippen LogP contribution in [0.25, 0.3) is 0 Å². The average Bonchev–Trinajstić information content (AvgIpc) is 2.48. The monoisotopic (exact) mass is 332 g/mol. The second-order valence-electron chi connectivity index (χ2n) is 8.31. The molecule has 3 N–H and O–H groups in total. The van der Waals surface area contributed by atoms with Crippen molar-refractivity contribution in [2.45, 2.75) is 65.5 Å². The van der Waals surface area contributed by atoms with E-state index in [4.69, 9.17) is 0 Å². The third-order valence-electron chi connectivity index (χ3n) is 5.24. The Balaban J connectivity index is 1.85. The number of carbonyl (C=O) groups is 1. The number of carbonyl (C=O) groups excluding carboxylic acids is 1. The van der Waals surface area contributed by atoms with Gasteiger partial charge in [0.2, 0.25) is 5.91 Å². The maximum atomic E-state index is 11.3. The van der Waals surface area contributed by atoms with Crippen LogP contribution in [0.2, 0.25) is 0 Å². The Kier molecular flexibility index (Phi) is 6.05. The second kappa shape index (κ2) is 7.66. The molecular weight excluding hydrogens is 300 g/mol. The van der Waals surface area contributed by atoms with Crippen molar-refractivity contribution in [1.29, 1.82) is 0 Å². The molecule has 1 aliphatic rings. The third-order valence-corrected chi connectivity index (χ3v) is 5.24. The Labute approximate surface area is 146 Å². The van der Waals surface area contributed by atoms with E-state index in [-0.39, 0.29) is 5.91 Å². The lowest BCUT2D eigenvalue weighted by Gasteiger charge is -2.41. The number of benzene rings is 1. The van der Waals surface area contributed by atoms with Gasteiger partial charge in [-0.15, -0.1) is 0 Å². The van der Waals surface area contributed by atoms with Gasteiger partial charge in [0.15, 0.2) is 0 Å². The highest BCUT2D eigenvalue weighted by atomic mass is 16.3. The van der Waals surface area contributed by atoms with Gasteiger partial charge in [0, 0.05) is 25.7 Å². The molecule has 2 rings (SSSR count). The van der Waals surface area contributed by atoms with E-state index in [0.29, 0.717) is 24.4 Å². The smallest absolute Gasteiger partial charge is 0.221 e. The molecule has 0 unspecified atom stereocenters. The van der Waals surface area contributed by atoms with Gasteiger partial charge < -0.3 is 15.7 Å².